The summed E-state index contributed by atoms with van der Waals surface area (Å²) < 4.78 is 52.7. The molecule has 0 atom stereocenters. The first-order valence-corrected chi connectivity index (χ1v) is 5.40. The molecule has 0 saturated heterocycles. The second kappa shape index (κ2) is 5.05. The minimum Gasteiger partial charge on any atom is -0.406 e. The quantitative estimate of drug-likeness (QED) is 0.603. The highest BCUT2D eigenvalue weighted by atomic mass is 35.5. The second-order valence-corrected chi connectivity index (χ2v) is 3.97. The van der Waals surface area contributed by atoms with Gasteiger partial charge < -0.3 is 4.74 Å². The largest absolute Gasteiger partial charge is 0.573 e. The normalized spacial score (nSPS) is 11.4. The summed E-state index contributed by atoms with van der Waals surface area (Å²) in [4.78, 5) is 3.36. The van der Waals surface area contributed by atoms with Crippen molar-refractivity contribution in [2.45, 2.75) is 6.36 Å². The molecule has 1 aromatic heterocycles. The first-order valence-electron chi connectivity index (χ1n) is 5.02. The monoisotopic (exact) mass is 291 g/mol. The van der Waals surface area contributed by atoms with Crippen molar-refractivity contribution < 1.29 is 22.3 Å². The standard InChI is InChI=1S/C12H6ClF4NO/c13-10-6-18-11(14)5-9(10)7-1-3-8(4-2-7)19-12(15,16)17/h1-6H. The minimum absolute atomic E-state index is 0.200. The topological polar surface area (TPSA) is 22.1 Å². The molecule has 0 bridgehead atoms. The van der Waals surface area contributed by atoms with E-state index in [0.717, 1.165) is 24.4 Å². The number of ether oxygens (including phenoxy) is 1. The number of benzene rings is 1. The summed E-state index contributed by atoms with van der Waals surface area (Å²) >= 11 is 5.84. The van der Waals surface area contributed by atoms with Crippen LogP contribution in [0.4, 0.5) is 17.6 Å². The van der Waals surface area contributed by atoms with Crippen LogP contribution in [-0.2, 0) is 0 Å². The number of nitrogens with zero attached hydrogens (tertiary/aromatic N) is 1. The van der Waals surface area contributed by atoms with Gasteiger partial charge in [-0.15, -0.1) is 13.2 Å². The van der Waals surface area contributed by atoms with Crippen molar-refractivity contribution >= 4 is 11.6 Å². The summed E-state index contributed by atoms with van der Waals surface area (Å²) in [6, 6.07) is 6.04. The molecule has 7 heteroatoms. The van der Waals surface area contributed by atoms with E-state index in [-0.39, 0.29) is 10.8 Å². The molecular weight excluding hydrogens is 286 g/mol. The number of rotatable bonds is 2. The van der Waals surface area contributed by atoms with Crippen molar-refractivity contribution in [3.05, 3.63) is 47.5 Å². The summed E-state index contributed by atoms with van der Waals surface area (Å²) in [5, 5.41) is 0.200. The van der Waals surface area contributed by atoms with Crippen molar-refractivity contribution in [2.75, 3.05) is 0 Å². The van der Waals surface area contributed by atoms with Crippen LogP contribution in [0, 0.1) is 5.95 Å². The number of hydrogen-bond donors (Lipinski definition) is 0. The molecule has 0 saturated carbocycles. The molecule has 0 fully saturated rings. The average Bonchev–Trinajstić information content (AvgIpc) is 2.31. The molecule has 0 radical (unpaired) electrons. The highest BCUT2D eigenvalue weighted by molar-refractivity contribution is 6.33. The zero-order chi connectivity index (χ0) is 14.0. The molecule has 2 aromatic rings. The molecule has 0 aliphatic carbocycles. The van der Waals surface area contributed by atoms with Crippen LogP contribution in [-0.4, -0.2) is 11.3 Å². The summed E-state index contributed by atoms with van der Waals surface area (Å²) in [5.74, 6) is -1.09. The van der Waals surface area contributed by atoms with Gasteiger partial charge in [-0.1, -0.05) is 23.7 Å². The molecule has 2 nitrogen and oxygen atoms in total. The Morgan fingerprint density at radius 1 is 1.11 bits per heavy atom. The van der Waals surface area contributed by atoms with Gasteiger partial charge >= 0.3 is 6.36 Å². The molecule has 0 amide bonds. The molecule has 0 spiro atoms. The number of pyridine rings is 1. The fourth-order valence-corrected chi connectivity index (χ4v) is 1.68. The zero-order valence-corrected chi connectivity index (χ0v) is 9.97. The Balaban J connectivity index is 2.30. The van der Waals surface area contributed by atoms with Gasteiger partial charge in [0, 0.05) is 17.8 Å². The molecule has 0 unspecified atom stereocenters. The molecule has 0 aliphatic rings. The first-order chi connectivity index (χ1) is 8.85. The van der Waals surface area contributed by atoms with Gasteiger partial charge in [-0.2, -0.15) is 4.39 Å². The van der Waals surface area contributed by atoms with Crippen molar-refractivity contribution in [2.24, 2.45) is 0 Å². The Labute approximate surface area is 110 Å². The van der Waals surface area contributed by atoms with Gasteiger partial charge in [0.1, 0.15) is 5.75 Å². The van der Waals surface area contributed by atoms with Crippen LogP contribution in [0.15, 0.2) is 36.5 Å². The van der Waals surface area contributed by atoms with E-state index in [1.807, 2.05) is 0 Å². The Morgan fingerprint density at radius 2 is 1.74 bits per heavy atom. The van der Waals surface area contributed by atoms with E-state index in [1.165, 1.54) is 12.1 Å². The summed E-state index contributed by atoms with van der Waals surface area (Å²) in [7, 11) is 0. The first kappa shape index (κ1) is 13.6. The minimum atomic E-state index is -4.75. The molecule has 100 valence electrons. The van der Waals surface area contributed by atoms with Gasteiger partial charge in [-0.3, -0.25) is 0 Å². The van der Waals surface area contributed by atoms with Gasteiger partial charge in [-0.25, -0.2) is 4.98 Å². The maximum absolute atomic E-state index is 13.0. The maximum Gasteiger partial charge on any atom is 0.573 e. The molecule has 1 aromatic carbocycles. The Bertz CT molecular complexity index is 583. The third-order valence-corrected chi connectivity index (χ3v) is 2.52. The SMILES string of the molecule is Fc1cc(-c2ccc(OC(F)(F)F)cc2)c(Cl)cn1. The Kier molecular flexibility index (Phi) is 3.61. The van der Waals surface area contributed by atoms with Crippen LogP contribution >= 0.6 is 11.6 Å². The van der Waals surface area contributed by atoms with Crippen LogP contribution < -0.4 is 4.74 Å². The van der Waals surface area contributed by atoms with Gasteiger partial charge in [0.25, 0.3) is 0 Å². The molecule has 1 heterocycles. The van der Waals surface area contributed by atoms with Crippen LogP contribution in [0.2, 0.25) is 5.02 Å². The lowest BCUT2D eigenvalue weighted by atomic mass is 10.1. The Morgan fingerprint density at radius 3 is 2.32 bits per heavy atom. The molecule has 2 rings (SSSR count). The van der Waals surface area contributed by atoms with Crippen LogP contribution in [0.5, 0.6) is 5.75 Å². The average molecular weight is 292 g/mol. The maximum atomic E-state index is 13.0. The summed E-state index contributed by atoms with van der Waals surface area (Å²) in [6.07, 6.45) is -3.62. The Hall–Kier alpha value is -1.82. The van der Waals surface area contributed by atoms with E-state index in [0.29, 0.717) is 11.1 Å². The molecular formula is C12H6ClF4NO. The van der Waals surface area contributed by atoms with Crippen LogP contribution in [0.1, 0.15) is 0 Å². The van der Waals surface area contributed by atoms with Gasteiger partial charge in [0.05, 0.1) is 5.02 Å². The lowest BCUT2D eigenvalue weighted by molar-refractivity contribution is -0.274. The van der Waals surface area contributed by atoms with E-state index in [4.69, 9.17) is 11.6 Å². The predicted molar refractivity (Wildman–Crippen MR) is 61.3 cm³/mol. The highest BCUT2D eigenvalue weighted by Gasteiger charge is 2.30. The molecule has 19 heavy (non-hydrogen) atoms. The lowest BCUT2D eigenvalue weighted by Gasteiger charge is -2.09. The van der Waals surface area contributed by atoms with Gasteiger partial charge in [0.2, 0.25) is 5.95 Å². The third kappa shape index (κ3) is 3.57. The highest BCUT2D eigenvalue weighted by Crippen LogP contribution is 2.30. The van der Waals surface area contributed by atoms with Crippen LogP contribution in [0.25, 0.3) is 11.1 Å². The molecule has 0 aliphatic heterocycles. The van der Waals surface area contributed by atoms with Crippen molar-refractivity contribution in [3.63, 3.8) is 0 Å². The third-order valence-electron chi connectivity index (χ3n) is 2.22. The van der Waals surface area contributed by atoms with Gasteiger partial charge in [-0.05, 0) is 17.7 Å². The summed E-state index contributed by atoms with van der Waals surface area (Å²) in [5.41, 5.74) is 0.800. The number of alkyl halides is 3. The van der Waals surface area contributed by atoms with Crippen molar-refractivity contribution in [1.29, 1.82) is 0 Å². The fraction of sp³-hybridized carbons (Fsp3) is 0.0833. The zero-order valence-electron chi connectivity index (χ0n) is 9.21. The van der Waals surface area contributed by atoms with E-state index >= 15 is 0 Å². The van der Waals surface area contributed by atoms with E-state index in [1.54, 1.807) is 0 Å². The van der Waals surface area contributed by atoms with E-state index < -0.39 is 12.3 Å². The van der Waals surface area contributed by atoms with E-state index in [9.17, 15) is 17.6 Å². The number of halogens is 5. The lowest BCUT2D eigenvalue weighted by Crippen LogP contribution is -2.16. The van der Waals surface area contributed by atoms with Gasteiger partial charge in [0.15, 0.2) is 0 Å². The smallest absolute Gasteiger partial charge is 0.406 e. The number of hydrogen-bond acceptors (Lipinski definition) is 2. The second-order valence-electron chi connectivity index (χ2n) is 3.56. The number of aromatic nitrogens is 1. The fourth-order valence-electron chi connectivity index (χ4n) is 1.47. The predicted octanol–water partition coefficient (Wildman–Crippen LogP) is 4.44. The van der Waals surface area contributed by atoms with E-state index in [2.05, 4.69) is 9.72 Å². The summed E-state index contributed by atoms with van der Waals surface area (Å²) in [6.45, 7) is 0. The van der Waals surface area contributed by atoms with Crippen LogP contribution in [0.3, 0.4) is 0 Å². The van der Waals surface area contributed by atoms with Crippen molar-refractivity contribution in [1.82, 2.24) is 4.98 Å². The molecule has 0 N–H and O–H groups in total. The van der Waals surface area contributed by atoms with Crippen molar-refractivity contribution in [3.8, 4) is 16.9 Å².